The zero-order valence-corrected chi connectivity index (χ0v) is 17.7. The highest BCUT2D eigenvalue weighted by Crippen LogP contribution is 2.46. The van der Waals surface area contributed by atoms with E-state index >= 15 is 0 Å². The van der Waals surface area contributed by atoms with Gasteiger partial charge in [0.2, 0.25) is 11.9 Å². The summed E-state index contributed by atoms with van der Waals surface area (Å²) < 4.78 is 1.63. The van der Waals surface area contributed by atoms with E-state index < -0.39 is 0 Å². The first-order valence-electron chi connectivity index (χ1n) is 10.4. The number of aromatic amines is 1. The Hall–Kier alpha value is -2.64. The summed E-state index contributed by atoms with van der Waals surface area (Å²) in [6, 6.07) is 0. The molecule has 29 heavy (non-hydrogen) atoms. The van der Waals surface area contributed by atoms with Gasteiger partial charge in [0.1, 0.15) is 5.39 Å². The summed E-state index contributed by atoms with van der Waals surface area (Å²) >= 11 is 0. The van der Waals surface area contributed by atoms with Crippen molar-refractivity contribution in [2.45, 2.75) is 52.0 Å². The van der Waals surface area contributed by atoms with Crippen LogP contribution in [0.2, 0.25) is 0 Å². The van der Waals surface area contributed by atoms with Gasteiger partial charge in [-0.15, -0.1) is 0 Å². The van der Waals surface area contributed by atoms with Gasteiger partial charge in [-0.2, -0.15) is 10.1 Å². The van der Waals surface area contributed by atoms with E-state index in [2.05, 4.69) is 46.1 Å². The summed E-state index contributed by atoms with van der Waals surface area (Å²) in [6.45, 7) is 7.88. The molecule has 2 N–H and O–H groups in total. The van der Waals surface area contributed by atoms with E-state index in [-0.39, 0.29) is 22.4 Å². The lowest BCUT2D eigenvalue weighted by atomic mass is 9.87. The van der Waals surface area contributed by atoms with Crippen LogP contribution in [0.4, 0.5) is 5.95 Å². The monoisotopic (exact) mass is 398 g/mol. The minimum Gasteiger partial charge on any atom is -0.347 e. The molecule has 1 amide bonds. The number of nitrogens with zero attached hydrogens (tertiary/aromatic N) is 4. The first-order valence-corrected chi connectivity index (χ1v) is 10.4. The lowest BCUT2D eigenvalue weighted by Crippen LogP contribution is -2.47. The molecule has 8 heteroatoms. The van der Waals surface area contributed by atoms with Gasteiger partial charge in [0.15, 0.2) is 5.65 Å². The molecule has 2 fully saturated rings. The van der Waals surface area contributed by atoms with Crippen molar-refractivity contribution in [3.63, 3.8) is 0 Å². The maximum Gasteiger partial charge on any atom is 0.263 e. The van der Waals surface area contributed by atoms with Crippen LogP contribution in [-0.2, 0) is 11.8 Å². The molecule has 0 aromatic carbocycles. The standard InChI is InChI=1S/C21H30N6O2/c1-20(2,3)8-5-16(28)25-21(9-10-21)14-6-11-27(12-7-14)19-23-17-15(18(29)24-19)13-22-26(17)4/h5,8,13-14H,6-7,9-12H2,1-4H3,(H,25,28)(H,23,24,29)/b8-5+. The molecular formula is C21H30N6O2. The van der Waals surface area contributed by atoms with E-state index in [4.69, 9.17) is 0 Å². The number of carbonyl (C=O) groups excluding carboxylic acids is 1. The molecule has 2 aromatic heterocycles. The molecule has 2 aromatic rings. The molecule has 3 heterocycles. The zero-order valence-electron chi connectivity index (χ0n) is 17.7. The normalized spacial score (nSPS) is 19.8. The highest BCUT2D eigenvalue weighted by atomic mass is 16.1. The van der Waals surface area contributed by atoms with E-state index in [1.165, 1.54) is 0 Å². The number of anilines is 1. The Morgan fingerprint density at radius 1 is 1.31 bits per heavy atom. The van der Waals surface area contributed by atoms with Crippen molar-refractivity contribution in [2.75, 3.05) is 18.0 Å². The topological polar surface area (TPSA) is 95.9 Å². The number of hydrogen-bond donors (Lipinski definition) is 2. The fourth-order valence-electron chi connectivity index (χ4n) is 4.20. The number of rotatable bonds is 4. The Morgan fingerprint density at radius 3 is 2.62 bits per heavy atom. The van der Waals surface area contributed by atoms with Crippen LogP contribution in [0.1, 0.15) is 46.5 Å². The van der Waals surface area contributed by atoms with Gasteiger partial charge >= 0.3 is 0 Å². The average molecular weight is 399 g/mol. The second-order valence-corrected chi connectivity index (χ2v) is 9.50. The zero-order chi connectivity index (χ0) is 20.8. The fourth-order valence-corrected chi connectivity index (χ4v) is 4.20. The quantitative estimate of drug-likeness (QED) is 0.769. The van der Waals surface area contributed by atoms with Crippen LogP contribution in [0.5, 0.6) is 0 Å². The smallest absolute Gasteiger partial charge is 0.263 e. The largest absolute Gasteiger partial charge is 0.347 e. The number of aromatic nitrogens is 4. The second kappa shape index (κ2) is 7.00. The molecular weight excluding hydrogens is 368 g/mol. The van der Waals surface area contributed by atoms with Crippen LogP contribution >= 0.6 is 0 Å². The van der Waals surface area contributed by atoms with Crippen LogP contribution < -0.4 is 15.8 Å². The van der Waals surface area contributed by atoms with E-state index in [0.29, 0.717) is 22.9 Å². The van der Waals surface area contributed by atoms with Crippen molar-refractivity contribution in [1.29, 1.82) is 0 Å². The van der Waals surface area contributed by atoms with Crippen LogP contribution in [0.15, 0.2) is 23.1 Å². The summed E-state index contributed by atoms with van der Waals surface area (Å²) in [6.07, 6.45) is 9.20. The van der Waals surface area contributed by atoms with Gasteiger partial charge < -0.3 is 10.2 Å². The molecule has 0 unspecified atom stereocenters. The molecule has 1 saturated carbocycles. The van der Waals surface area contributed by atoms with Gasteiger partial charge in [-0.25, -0.2) is 0 Å². The maximum absolute atomic E-state index is 12.4. The molecule has 1 aliphatic carbocycles. The summed E-state index contributed by atoms with van der Waals surface area (Å²) in [5.41, 5.74) is 0.385. The lowest BCUT2D eigenvalue weighted by molar-refractivity contribution is -0.118. The maximum atomic E-state index is 12.4. The SMILES string of the molecule is Cn1ncc2c(=O)[nH]c(N3CCC(C4(NC(=O)/C=C/C(C)(C)C)CC4)CC3)nc21. The summed E-state index contributed by atoms with van der Waals surface area (Å²) in [7, 11) is 1.79. The first-order chi connectivity index (χ1) is 13.7. The van der Waals surface area contributed by atoms with Gasteiger partial charge in [-0.3, -0.25) is 19.3 Å². The average Bonchev–Trinajstić information content (AvgIpc) is 3.35. The Labute approximate surface area is 170 Å². The Kier molecular flexibility index (Phi) is 4.75. The highest BCUT2D eigenvalue weighted by Gasteiger charge is 2.50. The van der Waals surface area contributed by atoms with E-state index in [1.54, 1.807) is 24.0 Å². The van der Waals surface area contributed by atoms with Gasteiger partial charge in [0, 0.05) is 25.7 Å². The summed E-state index contributed by atoms with van der Waals surface area (Å²) in [5.74, 6) is 1.07. The minimum absolute atomic E-state index is 0.00171. The summed E-state index contributed by atoms with van der Waals surface area (Å²) in [5, 5.41) is 7.90. The number of piperidine rings is 1. The number of nitrogens with one attached hydrogen (secondary N) is 2. The second-order valence-electron chi connectivity index (χ2n) is 9.50. The van der Waals surface area contributed by atoms with Crippen LogP contribution in [0.3, 0.4) is 0 Å². The Balaban J connectivity index is 1.41. The van der Waals surface area contributed by atoms with Gasteiger partial charge in [-0.05, 0) is 43.1 Å². The number of H-pyrrole nitrogens is 1. The first kappa shape index (κ1) is 19.7. The van der Waals surface area contributed by atoms with Crippen LogP contribution in [0, 0.1) is 11.3 Å². The van der Waals surface area contributed by atoms with Crippen molar-refractivity contribution in [2.24, 2.45) is 18.4 Å². The van der Waals surface area contributed by atoms with Crippen LogP contribution in [-0.4, -0.2) is 44.3 Å². The fraction of sp³-hybridized carbons (Fsp3) is 0.619. The third-order valence-electron chi connectivity index (χ3n) is 6.06. The molecule has 2 aliphatic rings. The Morgan fingerprint density at radius 2 is 2.00 bits per heavy atom. The molecule has 1 aliphatic heterocycles. The van der Waals surface area contributed by atoms with E-state index in [0.717, 1.165) is 38.8 Å². The predicted molar refractivity (Wildman–Crippen MR) is 113 cm³/mol. The van der Waals surface area contributed by atoms with Crippen molar-refractivity contribution >= 4 is 22.9 Å². The molecule has 156 valence electrons. The number of carbonyl (C=O) groups is 1. The third-order valence-corrected chi connectivity index (χ3v) is 6.06. The van der Waals surface area contributed by atoms with E-state index in [9.17, 15) is 9.59 Å². The molecule has 0 spiro atoms. The number of amides is 1. The van der Waals surface area contributed by atoms with Gasteiger partial charge in [0.05, 0.1) is 6.20 Å². The summed E-state index contributed by atoms with van der Waals surface area (Å²) in [4.78, 5) is 34.3. The van der Waals surface area contributed by atoms with Crippen molar-refractivity contribution in [3.8, 4) is 0 Å². The Bertz CT molecular complexity index is 1000. The number of hydrogen-bond acceptors (Lipinski definition) is 5. The van der Waals surface area contributed by atoms with Crippen molar-refractivity contribution in [3.05, 3.63) is 28.7 Å². The van der Waals surface area contributed by atoms with Gasteiger partial charge in [0.25, 0.3) is 5.56 Å². The number of allylic oxidation sites excluding steroid dienone is 1. The lowest BCUT2D eigenvalue weighted by Gasteiger charge is -2.36. The number of fused-ring (bicyclic) bond motifs is 1. The van der Waals surface area contributed by atoms with Gasteiger partial charge in [-0.1, -0.05) is 26.8 Å². The molecule has 4 rings (SSSR count). The molecule has 0 atom stereocenters. The molecule has 1 saturated heterocycles. The molecule has 0 radical (unpaired) electrons. The molecule has 0 bridgehead atoms. The minimum atomic E-state index is -0.156. The third kappa shape index (κ3) is 4.06. The number of aryl methyl sites for hydroxylation is 1. The highest BCUT2D eigenvalue weighted by molar-refractivity contribution is 5.88. The molecule has 8 nitrogen and oxygen atoms in total. The predicted octanol–water partition coefficient (Wildman–Crippen LogP) is 2.12. The van der Waals surface area contributed by atoms with Crippen LogP contribution in [0.25, 0.3) is 11.0 Å². The van der Waals surface area contributed by atoms with E-state index in [1.807, 2.05) is 6.08 Å². The van der Waals surface area contributed by atoms with Crippen molar-refractivity contribution < 1.29 is 4.79 Å². The van der Waals surface area contributed by atoms with Crippen molar-refractivity contribution in [1.82, 2.24) is 25.1 Å².